The van der Waals surface area contributed by atoms with Gasteiger partial charge in [-0.05, 0) is 12.1 Å². The highest BCUT2D eigenvalue weighted by Gasteiger charge is 2.29. The predicted molar refractivity (Wildman–Crippen MR) is 110 cm³/mol. The van der Waals surface area contributed by atoms with E-state index in [0.717, 1.165) is 10.4 Å². The van der Waals surface area contributed by atoms with Gasteiger partial charge in [-0.25, -0.2) is 8.70 Å². The average Bonchev–Trinajstić information content (AvgIpc) is 2.67. The Morgan fingerprint density at radius 1 is 1.14 bits per heavy atom. The third-order valence-electron chi connectivity index (χ3n) is 3.90. The van der Waals surface area contributed by atoms with E-state index in [0.29, 0.717) is 4.31 Å². The van der Waals surface area contributed by atoms with Crippen LogP contribution in [0.5, 0.6) is 11.5 Å². The quantitative estimate of drug-likeness (QED) is 0.675. The van der Waals surface area contributed by atoms with Gasteiger partial charge in [0, 0.05) is 26.2 Å². The second kappa shape index (κ2) is 9.29. The number of nitrogens with one attached hydrogen (secondary N) is 1. The molecule has 0 radical (unpaired) electrons. The van der Waals surface area contributed by atoms with Crippen molar-refractivity contribution in [3.8, 4) is 11.5 Å². The van der Waals surface area contributed by atoms with E-state index in [2.05, 4.69) is 5.32 Å². The van der Waals surface area contributed by atoms with Crippen LogP contribution in [0.4, 0.5) is 15.8 Å². The summed E-state index contributed by atoms with van der Waals surface area (Å²) in [4.78, 5) is 12.6. The minimum Gasteiger partial charge on any atom is -0.495 e. The number of nitrogens with zero attached hydrogens (tertiary/aromatic N) is 2. The molecule has 0 spiro atoms. The van der Waals surface area contributed by atoms with Crippen molar-refractivity contribution in [2.75, 3.05) is 44.5 Å². The number of benzene rings is 2. The molecule has 29 heavy (non-hydrogen) atoms. The van der Waals surface area contributed by atoms with Crippen LogP contribution in [-0.4, -0.2) is 53.5 Å². The third-order valence-corrected chi connectivity index (χ3v) is 6.00. The molecule has 0 atom stereocenters. The van der Waals surface area contributed by atoms with E-state index < -0.39 is 28.5 Å². The Bertz CT molecular complexity index is 1000. The average molecular weight is 446 g/mol. The molecule has 8 nitrogen and oxygen atoms in total. The lowest BCUT2D eigenvalue weighted by Gasteiger charge is -2.27. The maximum absolute atomic E-state index is 14.3. The first kappa shape index (κ1) is 22.7. The Balaban J connectivity index is 2.38. The zero-order chi connectivity index (χ0) is 21.8. The SMILES string of the molecule is COc1cc(NC(=O)CN(c2ccccc2F)S(=O)(=O)N(C)C)c(OC)cc1Cl. The van der Waals surface area contributed by atoms with Gasteiger partial charge in [-0.2, -0.15) is 12.7 Å². The molecule has 0 aliphatic heterocycles. The van der Waals surface area contributed by atoms with Crippen LogP contribution in [0.3, 0.4) is 0 Å². The Morgan fingerprint density at radius 2 is 1.76 bits per heavy atom. The van der Waals surface area contributed by atoms with Gasteiger partial charge in [0.05, 0.1) is 30.6 Å². The number of rotatable bonds is 8. The molecular formula is C18H21ClFN3O5S. The Hall–Kier alpha value is -2.56. The molecule has 2 rings (SSSR count). The van der Waals surface area contributed by atoms with Crippen LogP contribution < -0.4 is 19.1 Å². The molecule has 0 aliphatic rings. The van der Waals surface area contributed by atoms with E-state index in [1.807, 2.05) is 0 Å². The zero-order valence-corrected chi connectivity index (χ0v) is 17.8. The van der Waals surface area contributed by atoms with E-state index in [9.17, 15) is 17.6 Å². The second-order valence-electron chi connectivity index (χ2n) is 5.98. The first-order valence-electron chi connectivity index (χ1n) is 8.28. The molecule has 2 aromatic rings. The number of ether oxygens (including phenoxy) is 2. The number of carbonyl (C=O) groups excluding carboxylic acids is 1. The van der Waals surface area contributed by atoms with Crippen LogP contribution in [0.1, 0.15) is 0 Å². The second-order valence-corrected chi connectivity index (χ2v) is 8.46. The number of carbonyl (C=O) groups is 1. The molecule has 0 aliphatic carbocycles. The van der Waals surface area contributed by atoms with Gasteiger partial charge < -0.3 is 14.8 Å². The molecule has 11 heteroatoms. The maximum Gasteiger partial charge on any atom is 0.304 e. The lowest BCUT2D eigenvalue weighted by Crippen LogP contribution is -2.44. The highest BCUT2D eigenvalue weighted by atomic mass is 35.5. The van der Waals surface area contributed by atoms with Crippen LogP contribution in [0.25, 0.3) is 0 Å². The predicted octanol–water partition coefficient (Wildman–Crippen LogP) is 2.75. The van der Waals surface area contributed by atoms with Gasteiger partial charge in [0.2, 0.25) is 5.91 Å². The van der Waals surface area contributed by atoms with E-state index in [1.54, 1.807) is 0 Å². The normalized spacial score (nSPS) is 11.3. The lowest BCUT2D eigenvalue weighted by molar-refractivity contribution is -0.114. The van der Waals surface area contributed by atoms with Gasteiger partial charge in [0.25, 0.3) is 0 Å². The first-order chi connectivity index (χ1) is 13.6. The molecule has 0 unspecified atom stereocenters. The molecule has 158 valence electrons. The monoisotopic (exact) mass is 445 g/mol. The largest absolute Gasteiger partial charge is 0.495 e. The molecule has 1 amide bonds. The minimum absolute atomic E-state index is 0.217. The number of amides is 1. The summed E-state index contributed by atoms with van der Waals surface area (Å²) in [5.74, 6) is -0.968. The van der Waals surface area contributed by atoms with Crippen molar-refractivity contribution in [2.24, 2.45) is 0 Å². The van der Waals surface area contributed by atoms with Gasteiger partial charge >= 0.3 is 10.2 Å². The molecular weight excluding hydrogens is 425 g/mol. The molecule has 0 saturated heterocycles. The molecule has 0 bridgehead atoms. The van der Waals surface area contributed by atoms with Gasteiger partial charge in [-0.1, -0.05) is 23.7 Å². The van der Waals surface area contributed by atoms with Gasteiger partial charge in [-0.3, -0.25) is 4.79 Å². The Labute approximate surface area is 174 Å². The third kappa shape index (κ3) is 5.08. The number of halogens is 2. The summed E-state index contributed by atoms with van der Waals surface area (Å²) in [6.45, 7) is -0.671. The van der Waals surface area contributed by atoms with Crippen LogP contribution >= 0.6 is 11.6 Å². The number of anilines is 2. The van der Waals surface area contributed by atoms with E-state index in [4.69, 9.17) is 21.1 Å². The fraction of sp³-hybridized carbons (Fsp3) is 0.278. The summed E-state index contributed by atoms with van der Waals surface area (Å²) in [6, 6.07) is 8.16. The van der Waals surface area contributed by atoms with E-state index in [1.165, 1.54) is 58.6 Å². The summed E-state index contributed by atoms with van der Waals surface area (Å²) < 4.78 is 51.5. The van der Waals surface area contributed by atoms with Crippen molar-refractivity contribution in [3.05, 3.63) is 47.2 Å². The number of methoxy groups -OCH3 is 2. The number of hydrogen-bond donors (Lipinski definition) is 1. The molecule has 0 aromatic heterocycles. The first-order valence-corrected chi connectivity index (χ1v) is 10.1. The topological polar surface area (TPSA) is 88.2 Å². The number of para-hydroxylation sites is 1. The van der Waals surface area contributed by atoms with Crippen LogP contribution in [0, 0.1) is 5.82 Å². The fourth-order valence-corrected chi connectivity index (χ4v) is 3.72. The van der Waals surface area contributed by atoms with E-state index >= 15 is 0 Å². The lowest BCUT2D eigenvalue weighted by atomic mass is 10.2. The summed E-state index contributed by atoms with van der Waals surface area (Å²) >= 11 is 6.04. The minimum atomic E-state index is -4.15. The van der Waals surface area contributed by atoms with Crippen LogP contribution in [0.2, 0.25) is 5.02 Å². The Morgan fingerprint density at radius 3 is 2.31 bits per heavy atom. The molecule has 0 fully saturated rings. The van der Waals surface area contributed by atoms with Crippen LogP contribution in [-0.2, 0) is 15.0 Å². The summed E-state index contributed by atoms with van der Waals surface area (Å²) in [7, 11) is 1.21. The van der Waals surface area contributed by atoms with E-state index in [-0.39, 0.29) is 27.9 Å². The molecule has 2 aromatic carbocycles. The molecule has 0 heterocycles. The van der Waals surface area contributed by atoms with Gasteiger partial charge in [0.15, 0.2) is 0 Å². The molecule has 1 N–H and O–H groups in total. The van der Waals surface area contributed by atoms with Gasteiger partial charge in [-0.15, -0.1) is 0 Å². The van der Waals surface area contributed by atoms with Crippen molar-refractivity contribution < 1.29 is 27.1 Å². The maximum atomic E-state index is 14.3. The number of hydrogen-bond acceptors (Lipinski definition) is 5. The van der Waals surface area contributed by atoms with Gasteiger partial charge in [0.1, 0.15) is 23.9 Å². The summed E-state index contributed by atoms with van der Waals surface area (Å²) in [5.41, 5.74) is -0.0357. The molecule has 0 saturated carbocycles. The van der Waals surface area contributed by atoms with Crippen molar-refractivity contribution in [1.29, 1.82) is 0 Å². The standard InChI is InChI=1S/C18H21ClFN3O5S/c1-22(2)29(25,26)23(15-8-6-5-7-13(15)20)11-18(24)21-14-10-16(27-3)12(19)9-17(14)28-4/h5-10H,11H2,1-4H3,(H,21,24). The summed E-state index contributed by atoms with van der Waals surface area (Å²) in [5, 5.41) is 2.81. The zero-order valence-electron chi connectivity index (χ0n) is 16.3. The summed E-state index contributed by atoms with van der Waals surface area (Å²) in [6.07, 6.45) is 0. The highest BCUT2D eigenvalue weighted by Crippen LogP contribution is 2.36. The van der Waals surface area contributed by atoms with Crippen molar-refractivity contribution in [3.63, 3.8) is 0 Å². The van der Waals surface area contributed by atoms with Crippen molar-refractivity contribution in [1.82, 2.24) is 4.31 Å². The van der Waals surface area contributed by atoms with Crippen molar-refractivity contribution >= 4 is 39.1 Å². The smallest absolute Gasteiger partial charge is 0.304 e. The van der Waals surface area contributed by atoms with Crippen molar-refractivity contribution in [2.45, 2.75) is 0 Å². The highest BCUT2D eigenvalue weighted by molar-refractivity contribution is 7.90. The fourth-order valence-electron chi connectivity index (χ4n) is 2.42. The Kier molecular flexibility index (Phi) is 7.28. The van der Waals surface area contributed by atoms with Crippen LogP contribution in [0.15, 0.2) is 36.4 Å².